The molecule has 0 aliphatic carbocycles. The lowest BCUT2D eigenvalue weighted by atomic mass is 10.0. The standard InChI is InChI=1S/C34H42NO3/c1-35(2,3)33(27-30-18-12-9-13-19-30)34(36)37-26-16-8-6-4-5-7-11-17-29-22-24-32(25-23-29)38-28-31-20-14-10-15-21-31/h9-10,12-15,18-25,33H,4-8,16,26-28H2,1-3H3/q+1. The van der Waals surface area contributed by atoms with E-state index in [2.05, 4.69) is 57.2 Å². The first-order valence-electron chi connectivity index (χ1n) is 13.7. The van der Waals surface area contributed by atoms with E-state index in [1.54, 1.807) is 0 Å². The van der Waals surface area contributed by atoms with Crippen molar-refractivity contribution in [1.29, 1.82) is 0 Å². The van der Waals surface area contributed by atoms with E-state index in [9.17, 15) is 4.79 Å². The van der Waals surface area contributed by atoms with Gasteiger partial charge in [0.15, 0.2) is 6.04 Å². The first-order valence-corrected chi connectivity index (χ1v) is 13.7. The van der Waals surface area contributed by atoms with Crippen LogP contribution in [0, 0.1) is 11.8 Å². The zero-order chi connectivity index (χ0) is 27.1. The first kappa shape index (κ1) is 29.0. The van der Waals surface area contributed by atoms with Crippen molar-refractivity contribution in [3.8, 4) is 17.6 Å². The van der Waals surface area contributed by atoms with E-state index < -0.39 is 0 Å². The predicted octanol–water partition coefficient (Wildman–Crippen LogP) is 6.82. The number of rotatable bonds is 14. The molecule has 3 aromatic carbocycles. The summed E-state index contributed by atoms with van der Waals surface area (Å²) in [6, 6.07) is 28.1. The molecule has 0 aliphatic heterocycles. The highest BCUT2D eigenvalue weighted by atomic mass is 16.5. The van der Waals surface area contributed by atoms with Gasteiger partial charge < -0.3 is 14.0 Å². The molecule has 200 valence electrons. The first-order chi connectivity index (χ1) is 18.4. The molecule has 4 heteroatoms. The topological polar surface area (TPSA) is 35.5 Å². The second-order valence-corrected chi connectivity index (χ2v) is 10.6. The van der Waals surface area contributed by atoms with E-state index in [0.717, 1.165) is 61.0 Å². The highest BCUT2D eigenvalue weighted by molar-refractivity contribution is 5.75. The van der Waals surface area contributed by atoms with E-state index in [0.29, 0.717) is 24.1 Å². The fraction of sp³-hybridized carbons (Fsp3) is 0.382. The Morgan fingerprint density at radius 2 is 1.37 bits per heavy atom. The monoisotopic (exact) mass is 512 g/mol. The molecule has 3 aromatic rings. The average Bonchev–Trinajstić information content (AvgIpc) is 2.92. The maximum absolute atomic E-state index is 12.8. The highest BCUT2D eigenvalue weighted by Crippen LogP contribution is 2.15. The lowest BCUT2D eigenvalue weighted by Crippen LogP contribution is -2.51. The van der Waals surface area contributed by atoms with Gasteiger partial charge in [0.25, 0.3) is 0 Å². The summed E-state index contributed by atoms with van der Waals surface area (Å²) in [5.41, 5.74) is 3.33. The maximum Gasteiger partial charge on any atom is 0.365 e. The van der Waals surface area contributed by atoms with Gasteiger partial charge in [-0.3, -0.25) is 0 Å². The Morgan fingerprint density at radius 3 is 2.03 bits per heavy atom. The minimum atomic E-state index is -0.200. The molecule has 0 spiro atoms. The van der Waals surface area contributed by atoms with Gasteiger partial charge in [0.05, 0.1) is 27.7 Å². The summed E-state index contributed by atoms with van der Waals surface area (Å²) in [5.74, 6) is 7.28. The van der Waals surface area contributed by atoms with Crippen LogP contribution in [0.3, 0.4) is 0 Å². The van der Waals surface area contributed by atoms with Gasteiger partial charge in [-0.25, -0.2) is 4.79 Å². The molecule has 0 N–H and O–H groups in total. The minimum absolute atomic E-state index is 0.104. The predicted molar refractivity (Wildman–Crippen MR) is 155 cm³/mol. The van der Waals surface area contributed by atoms with Gasteiger partial charge in [0.1, 0.15) is 12.4 Å². The highest BCUT2D eigenvalue weighted by Gasteiger charge is 2.33. The molecule has 1 atom stereocenters. The van der Waals surface area contributed by atoms with Gasteiger partial charge >= 0.3 is 5.97 Å². The van der Waals surface area contributed by atoms with Crippen molar-refractivity contribution in [2.75, 3.05) is 27.7 Å². The van der Waals surface area contributed by atoms with E-state index >= 15 is 0 Å². The van der Waals surface area contributed by atoms with Crippen molar-refractivity contribution in [2.45, 2.75) is 57.6 Å². The number of likely N-dealkylation sites (N-methyl/N-ethyl adjacent to an activating group) is 1. The number of benzene rings is 3. The van der Waals surface area contributed by atoms with Crippen molar-refractivity contribution in [3.63, 3.8) is 0 Å². The Bertz CT molecular complexity index is 1140. The number of unbranched alkanes of at least 4 members (excludes halogenated alkanes) is 5. The van der Waals surface area contributed by atoms with Gasteiger partial charge in [0, 0.05) is 18.4 Å². The quantitative estimate of drug-likeness (QED) is 0.103. The SMILES string of the molecule is C[N+](C)(C)C(Cc1ccccc1)C(=O)OCCCCCCCC#Cc1ccc(OCc2ccccc2)cc1. The molecule has 0 saturated carbocycles. The summed E-state index contributed by atoms with van der Waals surface area (Å²) in [4.78, 5) is 12.8. The molecule has 0 aromatic heterocycles. The van der Waals surface area contributed by atoms with Gasteiger partial charge in [-0.05, 0) is 48.2 Å². The normalized spacial score (nSPS) is 11.8. The van der Waals surface area contributed by atoms with Crippen molar-refractivity contribution in [2.24, 2.45) is 0 Å². The molecular weight excluding hydrogens is 470 g/mol. The molecule has 0 aliphatic rings. The van der Waals surface area contributed by atoms with Crippen molar-refractivity contribution >= 4 is 5.97 Å². The molecule has 0 amide bonds. The zero-order valence-corrected chi connectivity index (χ0v) is 23.2. The van der Waals surface area contributed by atoms with Crippen LogP contribution in [0.1, 0.15) is 55.2 Å². The number of ether oxygens (including phenoxy) is 2. The molecule has 0 fully saturated rings. The van der Waals surface area contributed by atoms with E-state index in [1.165, 1.54) is 0 Å². The molecule has 38 heavy (non-hydrogen) atoms. The molecular formula is C34H42NO3+. The number of hydrogen-bond acceptors (Lipinski definition) is 3. The van der Waals surface area contributed by atoms with Crippen molar-refractivity contribution < 1.29 is 18.8 Å². The molecule has 1 unspecified atom stereocenters. The Kier molecular flexibility index (Phi) is 11.9. The number of quaternary nitrogens is 1. The summed E-state index contributed by atoms with van der Waals surface area (Å²) in [6.45, 7) is 1.06. The molecule has 0 heterocycles. The number of carbonyl (C=O) groups excluding carboxylic acids is 1. The van der Waals surface area contributed by atoms with Crippen LogP contribution in [0.2, 0.25) is 0 Å². The fourth-order valence-corrected chi connectivity index (χ4v) is 4.17. The Hall–Kier alpha value is -3.55. The molecule has 3 rings (SSSR count). The lowest BCUT2D eigenvalue weighted by molar-refractivity contribution is -0.887. The van der Waals surface area contributed by atoms with Crippen LogP contribution < -0.4 is 4.74 Å². The molecule has 4 nitrogen and oxygen atoms in total. The summed E-state index contributed by atoms with van der Waals surface area (Å²) in [5, 5.41) is 0. The summed E-state index contributed by atoms with van der Waals surface area (Å²) < 4.78 is 12.0. The van der Waals surface area contributed by atoms with Gasteiger partial charge in [-0.1, -0.05) is 91.8 Å². The smallest absolute Gasteiger partial charge is 0.365 e. The van der Waals surface area contributed by atoms with Crippen LogP contribution in [0.4, 0.5) is 0 Å². The Balaban J connectivity index is 1.25. The molecule has 0 radical (unpaired) electrons. The lowest BCUT2D eigenvalue weighted by Gasteiger charge is -2.32. The third kappa shape index (κ3) is 10.8. The van der Waals surface area contributed by atoms with Crippen molar-refractivity contribution in [1.82, 2.24) is 0 Å². The van der Waals surface area contributed by atoms with Crippen LogP contribution in [0.5, 0.6) is 5.75 Å². The van der Waals surface area contributed by atoms with Gasteiger partial charge in [-0.15, -0.1) is 0 Å². The second-order valence-electron chi connectivity index (χ2n) is 10.6. The number of esters is 1. The third-order valence-electron chi connectivity index (χ3n) is 6.50. The maximum atomic E-state index is 12.8. The molecule has 0 bridgehead atoms. The number of hydrogen-bond donors (Lipinski definition) is 0. The van der Waals surface area contributed by atoms with E-state index in [-0.39, 0.29) is 12.0 Å². The van der Waals surface area contributed by atoms with Crippen LogP contribution in [0.15, 0.2) is 84.9 Å². The van der Waals surface area contributed by atoms with Crippen molar-refractivity contribution in [3.05, 3.63) is 102 Å². The van der Waals surface area contributed by atoms with E-state index in [4.69, 9.17) is 9.47 Å². The van der Waals surface area contributed by atoms with Gasteiger partial charge in [0.2, 0.25) is 0 Å². The molecule has 0 saturated heterocycles. The summed E-state index contributed by atoms with van der Waals surface area (Å²) in [7, 11) is 6.15. The Morgan fingerprint density at radius 1 is 0.763 bits per heavy atom. The third-order valence-corrected chi connectivity index (χ3v) is 6.50. The van der Waals surface area contributed by atoms with Crippen LogP contribution in [-0.2, 0) is 22.6 Å². The van der Waals surface area contributed by atoms with Crippen LogP contribution in [-0.4, -0.2) is 44.2 Å². The Labute approximate surface area is 229 Å². The van der Waals surface area contributed by atoms with Crippen LogP contribution >= 0.6 is 0 Å². The fourth-order valence-electron chi connectivity index (χ4n) is 4.17. The largest absolute Gasteiger partial charge is 0.489 e. The average molecular weight is 513 g/mol. The van der Waals surface area contributed by atoms with Gasteiger partial charge in [-0.2, -0.15) is 0 Å². The summed E-state index contributed by atoms with van der Waals surface area (Å²) >= 11 is 0. The minimum Gasteiger partial charge on any atom is -0.489 e. The summed E-state index contributed by atoms with van der Waals surface area (Å²) in [6.07, 6.45) is 6.93. The number of nitrogens with zero attached hydrogens (tertiary/aromatic N) is 1. The number of carbonyl (C=O) groups is 1. The second kappa shape index (κ2) is 15.6. The van der Waals surface area contributed by atoms with Crippen LogP contribution in [0.25, 0.3) is 0 Å². The zero-order valence-electron chi connectivity index (χ0n) is 23.2. The van der Waals surface area contributed by atoms with E-state index in [1.807, 2.05) is 60.7 Å².